The van der Waals surface area contributed by atoms with Gasteiger partial charge in [0.1, 0.15) is 11.5 Å². The molecule has 44 heavy (non-hydrogen) atoms. The van der Waals surface area contributed by atoms with Gasteiger partial charge in [-0.2, -0.15) is 0 Å². The van der Waals surface area contributed by atoms with E-state index in [1.165, 1.54) is 17.7 Å². The quantitative estimate of drug-likeness (QED) is 0.129. The second-order valence-electron chi connectivity index (χ2n) is 9.67. The molecule has 0 saturated carbocycles. The normalized spacial score (nSPS) is 14.7. The number of nitro benzene ring substituents is 1. The zero-order chi connectivity index (χ0) is 31.7. The molecule has 0 saturated heterocycles. The Morgan fingerprint density at radius 3 is 2.64 bits per heavy atom. The molecule has 0 fully saturated rings. The first-order valence-electron chi connectivity index (χ1n) is 13.6. The molecule has 1 aliphatic rings. The molecule has 0 radical (unpaired) electrons. The van der Waals surface area contributed by atoms with Gasteiger partial charge in [-0.15, -0.1) is 0 Å². The van der Waals surface area contributed by atoms with E-state index in [-0.39, 0.29) is 17.9 Å². The molecule has 0 N–H and O–H groups in total. The van der Waals surface area contributed by atoms with Crippen LogP contribution in [0.5, 0.6) is 11.5 Å². The van der Waals surface area contributed by atoms with Crippen molar-refractivity contribution in [2.45, 2.75) is 33.7 Å². The highest BCUT2D eigenvalue weighted by atomic mass is 79.9. The maximum atomic E-state index is 14.0. The van der Waals surface area contributed by atoms with Crippen molar-refractivity contribution >= 4 is 45.0 Å². The summed E-state index contributed by atoms with van der Waals surface area (Å²) in [6.45, 7) is 7.49. The van der Waals surface area contributed by atoms with Crippen LogP contribution in [0, 0.1) is 17.0 Å². The van der Waals surface area contributed by atoms with Crippen molar-refractivity contribution in [1.29, 1.82) is 0 Å². The first-order chi connectivity index (χ1) is 21.1. The van der Waals surface area contributed by atoms with E-state index >= 15 is 0 Å². The van der Waals surface area contributed by atoms with E-state index < -0.39 is 22.5 Å². The highest BCUT2D eigenvalue weighted by molar-refractivity contribution is 9.10. The number of fused-ring (bicyclic) bond motifs is 1. The first-order valence-corrected chi connectivity index (χ1v) is 15.2. The second-order valence-corrected chi connectivity index (χ2v) is 11.5. The van der Waals surface area contributed by atoms with Gasteiger partial charge in [-0.05, 0) is 57.5 Å². The van der Waals surface area contributed by atoms with Crippen LogP contribution >= 0.6 is 27.3 Å². The molecule has 0 bridgehead atoms. The number of hydrogen-bond acceptors (Lipinski definition) is 10. The molecule has 0 aliphatic carbocycles. The number of furan rings is 1. The number of benzene rings is 2. The van der Waals surface area contributed by atoms with Crippen molar-refractivity contribution < 1.29 is 28.3 Å². The van der Waals surface area contributed by atoms with Gasteiger partial charge in [0.15, 0.2) is 16.3 Å². The number of nitro groups is 1. The van der Waals surface area contributed by atoms with Crippen molar-refractivity contribution in [3.05, 3.63) is 105 Å². The van der Waals surface area contributed by atoms with Crippen LogP contribution in [0.1, 0.15) is 43.7 Å². The van der Waals surface area contributed by atoms with E-state index in [9.17, 15) is 19.7 Å². The number of hydrogen-bond donors (Lipinski definition) is 0. The molecule has 2 aromatic carbocycles. The van der Waals surface area contributed by atoms with Crippen molar-refractivity contribution in [2.24, 2.45) is 4.99 Å². The van der Waals surface area contributed by atoms with Gasteiger partial charge in [-0.3, -0.25) is 19.5 Å². The van der Waals surface area contributed by atoms with Crippen LogP contribution in [-0.4, -0.2) is 35.8 Å². The number of nitrogens with zero attached hydrogens (tertiary/aromatic N) is 3. The number of carbonyl (C=O) groups excluding carboxylic acids is 1. The summed E-state index contributed by atoms with van der Waals surface area (Å²) in [6.07, 6.45) is 1.59. The number of rotatable bonds is 9. The summed E-state index contributed by atoms with van der Waals surface area (Å²) in [5, 5.41) is 11.4. The molecule has 3 heterocycles. The average molecular weight is 683 g/mol. The largest absolute Gasteiger partial charge is 0.493 e. The molecule has 1 atom stereocenters. The van der Waals surface area contributed by atoms with Gasteiger partial charge in [0.25, 0.3) is 11.2 Å². The van der Waals surface area contributed by atoms with Crippen molar-refractivity contribution in [2.75, 3.05) is 20.3 Å². The number of esters is 1. The van der Waals surface area contributed by atoms with Gasteiger partial charge in [-0.25, -0.2) is 9.79 Å². The number of halogens is 1. The Morgan fingerprint density at radius 2 is 1.95 bits per heavy atom. The van der Waals surface area contributed by atoms with Crippen LogP contribution in [-0.2, 0) is 9.53 Å². The van der Waals surface area contributed by atoms with Crippen molar-refractivity contribution in [3.63, 3.8) is 0 Å². The summed E-state index contributed by atoms with van der Waals surface area (Å²) in [7, 11) is 1.51. The first kappa shape index (κ1) is 31.0. The third-order valence-corrected chi connectivity index (χ3v) is 8.73. The number of allylic oxidation sites excluding steroid dienone is 1. The van der Waals surface area contributed by atoms with Gasteiger partial charge in [0.2, 0.25) is 0 Å². The van der Waals surface area contributed by atoms with Crippen LogP contribution in [0.2, 0.25) is 0 Å². The fourth-order valence-electron chi connectivity index (χ4n) is 5.07. The zero-order valence-electron chi connectivity index (χ0n) is 24.5. The fraction of sp³-hybridized carbons (Fsp3) is 0.258. The van der Waals surface area contributed by atoms with E-state index in [1.807, 2.05) is 6.92 Å². The van der Waals surface area contributed by atoms with Crippen LogP contribution in [0.4, 0.5) is 5.69 Å². The van der Waals surface area contributed by atoms with Crippen LogP contribution < -0.4 is 24.4 Å². The van der Waals surface area contributed by atoms with Gasteiger partial charge < -0.3 is 18.6 Å². The lowest BCUT2D eigenvalue weighted by atomic mass is 9.95. The van der Waals surface area contributed by atoms with E-state index in [2.05, 4.69) is 20.9 Å². The molecule has 2 aromatic heterocycles. The molecule has 1 aliphatic heterocycles. The van der Waals surface area contributed by atoms with E-state index in [4.69, 9.17) is 18.6 Å². The van der Waals surface area contributed by atoms with Crippen molar-refractivity contribution in [1.82, 2.24) is 4.57 Å². The molecule has 0 unspecified atom stereocenters. The minimum Gasteiger partial charge on any atom is -0.493 e. The Morgan fingerprint density at radius 1 is 1.18 bits per heavy atom. The predicted octanol–water partition coefficient (Wildman–Crippen LogP) is 5.44. The molecule has 228 valence electrons. The predicted molar refractivity (Wildman–Crippen MR) is 168 cm³/mol. The van der Waals surface area contributed by atoms with Crippen molar-refractivity contribution in [3.8, 4) is 22.8 Å². The van der Waals surface area contributed by atoms with Crippen LogP contribution in [0.15, 0.2) is 72.4 Å². The number of carbonyl (C=O) groups is 1. The van der Waals surface area contributed by atoms with Crippen LogP contribution in [0.3, 0.4) is 0 Å². The maximum Gasteiger partial charge on any atom is 0.338 e. The number of aromatic nitrogens is 1. The number of ether oxygens (including phenoxy) is 3. The van der Waals surface area contributed by atoms with Gasteiger partial charge in [0.05, 0.1) is 47.1 Å². The minimum atomic E-state index is -0.883. The molecular weight excluding hydrogens is 654 g/mol. The number of methoxy groups -OCH3 is 1. The van der Waals surface area contributed by atoms with Gasteiger partial charge >= 0.3 is 5.97 Å². The van der Waals surface area contributed by atoms with E-state index in [0.29, 0.717) is 65.8 Å². The summed E-state index contributed by atoms with van der Waals surface area (Å²) in [5.74, 6) is 1.15. The lowest BCUT2D eigenvalue weighted by Gasteiger charge is -2.26. The van der Waals surface area contributed by atoms with E-state index in [1.54, 1.807) is 63.2 Å². The average Bonchev–Trinajstić information content (AvgIpc) is 3.56. The highest BCUT2D eigenvalue weighted by Gasteiger charge is 2.35. The third-order valence-electron chi connectivity index (χ3n) is 7.06. The SMILES string of the molecule is CCOC(=O)C1=C(C)N=c2s/c(=C/c3ccc(-c4cccc([N+](=O)[O-])c4C)o3)c(=O)n2[C@H]1c1cc(OC)c(OCC)cc1Br. The molecule has 0 amide bonds. The summed E-state index contributed by atoms with van der Waals surface area (Å²) in [5.41, 5.74) is 1.86. The van der Waals surface area contributed by atoms with Crippen LogP contribution in [0.25, 0.3) is 17.4 Å². The smallest absolute Gasteiger partial charge is 0.338 e. The molecule has 13 heteroatoms. The lowest BCUT2D eigenvalue weighted by Crippen LogP contribution is -2.40. The number of thiazole rings is 1. The second kappa shape index (κ2) is 12.6. The third kappa shape index (κ3) is 5.60. The summed E-state index contributed by atoms with van der Waals surface area (Å²) < 4.78 is 25.1. The summed E-state index contributed by atoms with van der Waals surface area (Å²) in [6, 6.07) is 10.7. The standard InChI is InChI=1S/C31H28BrN3O8S/c1-6-41-25-15-21(32)20(14-24(25)40-5)28-27(30(37)42-7-2)17(4)33-31-34(28)29(36)26(44-31)13-18-11-12-23(43-18)19-9-8-10-22(16(19)3)35(38)39/h8-15,28H,6-7H2,1-5H3/b26-13+/t28-/m0/s1. The topological polar surface area (TPSA) is 135 Å². The molecule has 5 rings (SSSR count). The lowest BCUT2D eigenvalue weighted by molar-refractivity contribution is -0.385. The molecular formula is C31H28BrN3O8S. The molecule has 11 nitrogen and oxygen atoms in total. The summed E-state index contributed by atoms with van der Waals surface area (Å²) >= 11 is 4.76. The Balaban J connectivity index is 1.67. The highest BCUT2D eigenvalue weighted by Crippen LogP contribution is 2.41. The maximum absolute atomic E-state index is 14.0. The van der Waals surface area contributed by atoms with Gasteiger partial charge in [-0.1, -0.05) is 39.4 Å². The molecule has 4 aromatic rings. The molecule has 0 spiro atoms. The fourth-order valence-corrected chi connectivity index (χ4v) is 6.63. The summed E-state index contributed by atoms with van der Waals surface area (Å²) in [4.78, 5) is 43.3. The minimum absolute atomic E-state index is 0.0152. The monoisotopic (exact) mass is 681 g/mol. The Hall–Kier alpha value is -4.49. The Kier molecular flexibility index (Phi) is 8.88. The van der Waals surface area contributed by atoms with E-state index in [0.717, 1.165) is 11.3 Å². The Labute approximate surface area is 264 Å². The van der Waals surface area contributed by atoms with Gasteiger partial charge in [0, 0.05) is 27.7 Å². The zero-order valence-corrected chi connectivity index (χ0v) is 26.9. The Bertz CT molecular complexity index is 2010.